The third-order valence-electron chi connectivity index (χ3n) is 3.23. The predicted octanol–water partition coefficient (Wildman–Crippen LogP) is 2.02. The highest BCUT2D eigenvalue weighted by molar-refractivity contribution is 6.30. The molecule has 0 saturated carbocycles. The fraction of sp³-hybridized carbons (Fsp3) is 0.533. The minimum Gasteiger partial charge on any atom is -0.356 e. The van der Waals surface area contributed by atoms with Gasteiger partial charge in [-0.1, -0.05) is 30.7 Å². The minimum atomic E-state index is 0.0440. The number of hydrogen-bond acceptors (Lipinski definition) is 3. The van der Waals surface area contributed by atoms with Crippen molar-refractivity contribution in [2.75, 3.05) is 20.1 Å². The van der Waals surface area contributed by atoms with Crippen molar-refractivity contribution in [3.8, 4) is 0 Å². The van der Waals surface area contributed by atoms with Crippen LogP contribution in [0, 0.1) is 0 Å². The van der Waals surface area contributed by atoms with E-state index in [1.54, 1.807) is 0 Å². The lowest BCUT2D eigenvalue weighted by atomic mass is 10.1. The zero-order valence-corrected chi connectivity index (χ0v) is 13.0. The van der Waals surface area contributed by atoms with Gasteiger partial charge in [0.15, 0.2) is 0 Å². The largest absolute Gasteiger partial charge is 0.356 e. The molecular weight excluding hydrogens is 274 g/mol. The Morgan fingerprint density at radius 2 is 2.05 bits per heavy atom. The highest BCUT2D eigenvalue weighted by atomic mass is 35.5. The maximum atomic E-state index is 11.8. The monoisotopic (exact) mass is 297 g/mol. The third-order valence-corrected chi connectivity index (χ3v) is 3.49. The van der Waals surface area contributed by atoms with Crippen LogP contribution < -0.4 is 11.1 Å². The summed E-state index contributed by atoms with van der Waals surface area (Å²) < 4.78 is 0. The Morgan fingerprint density at radius 1 is 1.40 bits per heavy atom. The summed E-state index contributed by atoms with van der Waals surface area (Å²) in [6, 6.07) is 7.77. The molecule has 0 saturated heterocycles. The normalized spacial score (nSPS) is 12.4. The first-order valence-electron chi connectivity index (χ1n) is 6.98. The molecule has 3 N–H and O–H groups in total. The smallest absolute Gasteiger partial charge is 0.221 e. The van der Waals surface area contributed by atoms with Gasteiger partial charge in [-0.25, -0.2) is 0 Å². The van der Waals surface area contributed by atoms with Crippen molar-refractivity contribution in [3.05, 3.63) is 34.9 Å². The van der Waals surface area contributed by atoms with Gasteiger partial charge in [-0.05, 0) is 31.2 Å². The molecule has 1 unspecified atom stereocenters. The summed E-state index contributed by atoms with van der Waals surface area (Å²) in [6.07, 6.45) is 1.38. The standard InChI is InChI=1S/C15H24ClN3O/c1-3-8-18-15(20)9-14(10-17)19(2)11-12-4-6-13(16)7-5-12/h4-7,14H,3,8-11,17H2,1-2H3,(H,18,20). The average Bonchev–Trinajstić information content (AvgIpc) is 2.44. The van der Waals surface area contributed by atoms with Gasteiger partial charge in [-0.2, -0.15) is 0 Å². The summed E-state index contributed by atoms with van der Waals surface area (Å²) in [5, 5.41) is 3.61. The highest BCUT2D eigenvalue weighted by Crippen LogP contribution is 2.12. The van der Waals surface area contributed by atoms with E-state index in [0.717, 1.165) is 30.1 Å². The zero-order valence-electron chi connectivity index (χ0n) is 12.2. The molecule has 0 bridgehead atoms. The first-order valence-corrected chi connectivity index (χ1v) is 7.36. The van der Waals surface area contributed by atoms with Crippen LogP contribution in [0.4, 0.5) is 0 Å². The summed E-state index contributed by atoms with van der Waals surface area (Å²) in [5.41, 5.74) is 6.94. The number of likely N-dealkylation sites (N-methyl/N-ethyl adjacent to an activating group) is 1. The quantitative estimate of drug-likeness (QED) is 0.772. The summed E-state index contributed by atoms with van der Waals surface area (Å²) in [5.74, 6) is 0.0604. The Kier molecular flexibility index (Phi) is 7.59. The number of carbonyl (C=O) groups excluding carboxylic acids is 1. The van der Waals surface area contributed by atoms with Crippen LogP contribution in [-0.4, -0.2) is 37.0 Å². The molecular formula is C15H24ClN3O. The molecule has 1 aromatic rings. The van der Waals surface area contributed by atoms with Gasteiger partial charge in [0.2, 0.25) is 5.91 Å². The van der Waals surface area contributed by atoms with Crippen molar-refractivity contribution in [3.63, 3.8) is 0 Å². The van der Waals surface area contributed by atoms with Crippen LogP contribution in [0.3, 0.4) is 0 Å². The molecule has 0 spiro atoms. The molecule has 1 aromatic carbocycles. The van der Waals surface area contributed by atoms with Crippen molar-refractivity contribution in [1.29, 1.82) is 0 Å². The van der Waals surface area contributed by atoms with Gasteiger partial charge >= 0.3 is 0 Å². The second-order valence-electron chi connectivity index (χ2n) is 4.99. The van der Waals surface area contributed by atoms with Crippen molar-refractivity contribution >= 4 is 17.5 Å². The molecule has 0 aromatic heterocycles. The molecule has 1 atom stereocenters. The average molecular weight is 298 g/mol. The number of nitrogens with zero attached hydrogens (tertiary/aromatic N) is 1. The summed E-state index contributed by atoms with van der Waals surface area (Å²) in [7, 11) is 1.99. The molecule has 1 amide bonds. The van der Waals surface area contributed by atoms with Crippen molar-refractivity contribution in [2.45, 2.75) is 32.4 Å². The summed E-state index contributed by atoms with van der Waals surface area (Å²) in [6.45, 7) is 3.97. The van der Waals surface area contributed by atoms with E-state index in [1.165, 1.54) is 0 Å². The van der Waals surface area contributed by atoms with Gasteiger partial charge in [-0.3, -0.25) is 9.69 Å². The second kappa shape index (κ2) is 8.95. The second-order valence-corrected chi connectivity index (χ2v) is 5.42. The van der Waals surface area contributed by atoms with E-state index in [2.05, 4.69) is 10.2 Å². The van der Waals surface area contributed by atoms with Crippen molar-refractivity contribution in [1.82, 2.24) is 10.2 Å². The van der Waals surface area contributed by atoms with Crippen LogP contribution in [0.5, 0.6) is 0 Å². The lowest BCUT2D eigenvalue weighted by molar-refractivity contribution is -0.122. The first-order chi connectivity index (χ1) is 9.56. The zero-order chi connectivity index (χ0) is 15.0. The Balaban J connectivity index is 2.51. The van der Waals surface area contributed by atoms with Crippen LogP contribution in [-0.2, 0) is 11.3 Å². The van der Waals surface area contributed by atoms with E-state index in [1.807, 2.05) is 38.2 Å². The highest BCUT2D eigenvalue weighted by Gasteiger charge is 2.17. The van der Waals surface area contributed by atoms with Crippen molar-refractivity contribution < 1.29 is 4.79 Å². The van der Waals surface area contributed by atoms with Crippen LogP contribution >= 0.6 is 11.6 Å². The van der Waals surface area contributed by atoms with E-state index < -0.39 is 0 Å². The predicted molar refractivity (Wildman–Crippen MR) is 83.7 cm³/mol. The van der Waals surface area contributed by atoms with Crippen LogP contribution in [0.15, 0.2) is 24.3 Å². The van der Waals surface area contributed by atoms with Crippen molar-refractivity contribution in [2.24, 2.45) is 5.73 Å². The lowest BCUT2D eigenvalue weighted by Crippen LogP contribution is -2.41. The van der Waals surface area contributed by atoms with E-state index in [-0.39, 0.29) is 11.9 Å². The Hall–Kier alpha value is -1.10. The molecule has 0 fully saturated rings. The van der Waals surface area contributed by atoms with Gasteiger partial charge in [0.25, 0.3) is 0 Å². The Bertz CT molecular complexity index is 408. The maximum Gasteiger partial charge on any atom is 0.221 e. The number of nitrogens with two attached hydrogens (primary N) is 1. The van der Waals surface area contributed by atoms with Gasteiger partial charge < -0.3 is 11.1 Å². The van der Waals surface area contributed by atoms with E-state index in [0.29, 0.717) is 13.0 Å². The molecule has 4 nitrogen and oxygen atoms in total. The van der Waals surface area contributed by atoms with Gasteiger partial charge in [0, 0.05) is 37.1 Å². The molecule has 5 heteroatoms. The number of benzene rings is 1. The molecule has 20 heavy (non-hydrogen) atoms. The fourth-order valence-electron chi connectivity index (χ4n) is 1.98. The maximum absolute atomic E-state index is 11.8. The molecule has 0 aliphatic rings. The molecule has 0 heterocycles. The Morgan fingerprint density at radius 3 is 2.60 bits per heavy atom. The van der Waals surface area contributed by atoms with Crippen LogP contribution in [0.25, 0.3) is 0 Å². The molecule has 0 radical (unpaired) electrons. The molecule has 112 valence electrons. The number of rotatable bonds is 8. The van der Waals surface area contributed by atoms with Crippen LogP contribution in [0.1, 0.15) is 25.3 Å². The lowest BCUT2D eigenvalue weighted by Gasteiger charge is -2.26. The van der Waals surface area contributed by atoms with Gasteiger partial charge in [0.1, 0.15) is 0 Å². The van der Waals surface area contributed by atoms with Gasteiger partial charge in [0.05, 0.1) is 0 Å². The Labute approximate surface area is 126 Å². The number of amides is 1. The minimum absolute atomic E-state index is 0.0440. The SMILES string of the molecule is CCCNC(=O)CC(CN)N(C)Cc1ccc(Cl)cc1. The number of carbonyl (C=O) groups is 1. The molecule has 0 aliphatic carbocycles. The van der Waals surface area contributed by atoms with E-state index in [9.17, 15) is 4.79 Å². The van der Waals surface area contributed by atoms with E-state index in [4.69, 9.17) is 17.3 Å². The number of hydrogen-bond donors (Lipinski definition) is 2. The third kappa shape index (κ3) is 5.90. The molecule has 1 rings (SSSR count). The molecule has 0 aliphatic heterocycles. The van der Waals surface area contributed by atoms with E-state index >= 15 is 0 Å². The van der Waals surface area contributed by atoms with Gasteiger partial charge in [-0.15, -0.1) is 0 Å². The topological polar surface area (TPSA) is 58.4 Å². The fourth-order valence-corrected chi connectivity index (χ4v) is 2.10. The first kappa shape index (κ1) is 17.0. The van der Waals surface area contributed by atoms with Crippen LogP contribution in [0.2, 0.25) is 5.02 Å². The summed E-state index contributed by atoms with van der Waals surface area (Å²) in [4.78, 5) is 13.9. The summed E-state index contributed by atoms with van der Waals surface area (Å²) >= 11 is 5.87. The number of nitrogens with one attached hydrogen (secondary N) is 1. The number of halogens is 1.